The number of morpholine rings is 1. The second-order valence-electron chi connectivity index (χ2n) is 6.75. The third kappa shape index (κ3) is 3.15. The maximum Gasteiger partial charge on any atom is 0.254 e. The predicted molar refractivity (Wildman–Crippen MR) is 91.4 cm³/mol. The van der Waals surface area contributed by atoms with E-state index < -0.39 is 0 Å². The summed E-state index contributed by atoms with van der Waals surface area (Å²) in [4.78, 5) is 15.0. The first-order valence-corrected chi connectivity index (χ1v) is 8.03. The van der Waals surface area contributed by atoms with E-state index in [9.17, 15) is 4.79 Å². The molecule has 1 amide bonds. The maximum absolute atomic E-state index is 13.1. The molecule has 2 aromatic rings. The molecule has 1 heterocycles. The van der Waals surface area contributed by atoms with Crippen LogP contribution in [0.2, 0.25) is 0 Å². The lowest BCUT2D eigenvalue weighted by atomic mass is 9.96. The van der Waals surface area contributed by atoms with Gasteiger partial charge in [0.15, 0.2) is 0 Å². The first-order valence-electron chi connectivity index (χ1n) is 8.03. The number of nitrogens with zero attached hydrogens (tertiary/aromatic N) is 1. The molecule has 0 spiro atoms. The lowest BCUT2D eigenvalue weighted by Gasteiger charge is -2.45. The molecular formula is C20H23NO2. The Morgan fingerprint density at radius 1 is 1.09 bits per heavy atom. The van der Waals surface area contributed by atoms with E-state index in [4.69, 9.17) is 4.74 Å². The molecule has 1 unspecified atom stereocenters. The molecule has 0 aromatic heterocycles. The summed E-state index contributed by atoms with van der Waals surface area (Å²) < 4.78 is 6.03. The number of rotatable bonds is 2. The Hall–Kier alpha value is -2.13. The Kier molecular flexibility index (Phi) is 4.22. The Morgan fingerprint density at radius 3 is 2.43 bits per heavy atom. The van der Waals surface area contributed by atoms with Crippen LogP contribution in [0.3, 0.4) is 0 Å². The number of carbonyl (C=O) groups is 1. The number of ether oxygens (including phenoxy) is 1. The zero-order valence-electron chi connectivity index (χ0n) is 14.0. The average molecular weight is 309 g/mol. The summed E-state index contributed by atoms with van der Waals surface area (Å²) in [5.74, 6) is 0.0809. The molecule has 2 aromatic carbocycles. The van der Waals surface area contributed by atoms with Crippen molar-refractivity contribution in [2.24, 2.45) is 0 Å². The molecule has 0 bridgehead atoms. The van der Waals surface area contributed by atoms with Crippen LogP contribution < -0.4 is 0 Å². The normalized spacial score (nSPS) is 20.3. The van der Waals surface area contributed by atoms with Gasteiger partial charge in [0.05, 0.1) is 18.7 Å². The lowest BCUT2D eigenvalue weighted by molar-refractivity contribution is -0.0846. The van der Waals surface area contributed by atoms with Gasteiger partial charge in [-0.1, -0.05) is 48.5 Å². The van der Waals surface area contributed by atoms with Gasteiger partial charge in [0.25, 0.3) is 5.91 Å². The fourth-order valence-corrected chi connectivity index (χ4v) is 3.03. The highest BCUT2D eigenvalue weighted by Gasteiger charge is 2.39. The van der Waals surface area contributed by atoms with Gasteiger partial charge in [-0.05, 0) is 38.0 Å². The van der Waals surface area contributed by atoms with Crippen LogP contribution in [0.15, 0.2) is 54.6 Å². The largest absolute Gasteiger partial charge is 0.369 e. The fraction of sp³-hybridized carbons (Fsp3) is 0.350. The monoisotopic (exact) mass is 309 g/mol. The minimum atomic E-state index is -0.315. The molecule has 3 rings (SSSR count). The van der Waals surface area contributed by atoms with Crippen LogP contribution in [0.1, 0.15) is 41.4 Å². The Labute approximate surface area is 137 Å². The molecule has 1 saturated heterocycles. The Bertz CT molecular complexity index is 694. The van der Waals surface area contributed by atoms with Gasteiger partial charge < -0.3 is 9.64 Å². The van der Waals surface area contributed by atoms with Crippen molar-refractivity contribution in [2.45, 2.75) is 32.4 Å². The Morgan fingerprint density at radius 2 is 1.74 bits per heavy atom. The molecule has 1 atom stereocenters. The zero-order chi connectivity index (χ0) is 16.4. The lowest BCUT2D eigenvalue weighted by Crippen LogP contribution is -2.56. The molecule has 0 radical (unpaired) electrons. The van der Waals surface area contributed by atoms with E-state index in [1.807, 2.05) is 54.3 Å². The van der Waals surface area contributed by atoms with Gasteiger partial charge in [0.1, 0.15) is 6.10 Å². The van der Waals surface area contributed by atoms with E-state index >= 15 is 0 Å². The highest BCUT2D eigenvalue weighted by Crippen LogP contribution is 2.31. The number of carbonyl (C=O) groups excluding carboxylic acids is 1. The van der Waals surface area contributed by atoms with E-state index in [1.165, 1.54) is 0 Å². The summed E-state index contributed by atoms with van der Waals surface area (Å²) >= 11 is 0. The molecule has 3 nitrogen and oxygen atoms in total. The van der Waals surface area contributed by atoms with Crippen molar-refractivity contribution in [3.63, 3.8) is 0 Å². The SMILES string of the molecule is Cc1ccccc1C(=O)N1CC(c2ccccc2)OCC1(C)C. The van der Waals surface area contributed by atoms with Gasteiger partial charge in [-0.15, -0.1) is 0 Å². The fourth-order valence-electron chi connectivity index (χ4n) is 3.03. The van der Waals surface area contributed by atoms with Crippen LogP contribution in [0.5, 0.6) is 0 Å². The highest BCUT2D eigenvalue weighted by molar-refractivity contribution is 5.96. The van der Waals surface area contributed by atoms with Crippen molar-refractivity contribution in [3.8, 4) is 0 Å². The minimum Gasteiger partial charge on any atom is -0.369 e. The molecule has 1 aliphatic heterocycles. The summed E-state index contributed by atoms with van der Waals surface area (Å²) in [6, 6.07) is 17.9. The van der Waals surface area contributed by atoms with E-state index in [2.05, 4.69) is 26.0 Å². The zero-order valence-corrected chi connectivity index (χ0v) is 14.0. The van der Waals surface area contributed by atoms with Crippen molar-refractivity contribution in [2.75, 3.05) is 13.2 Å². The number of aryl methyl sites for hydroxylation is 1. The summed E-state index contributed by atoms with van der Waals surface area (Å²) in [7, 11) is 0. The summed E-state index contributed by atoms with van der Waals surface area (Å²) in [5, 5.41) is 0. The van der Waals surface area contributed by atoms with E-state index in [-0.39, 0.29) is 17.6 Å². The van der Waals surface area contributed by atoms with Crippen molar-refractivity contribution in [1.29, 1.82) is 0 Å². The third-order valence-electron chi connectivity index (χ3n) is 4.51. The van der Waals surface area contributed by atoms with Gasteiger partial charge in [0.2, 0.25) is 0 Å². The molecule has 1 aliphatic rings. The first kappa shape index (κ1) is 15.8. The molecule has 3 heteroatoms. The molecule has 1 fully saturated rings. The maximum atomic E-state index is 13.1. The summed E-state index contributed by atoms with van der Waals surface area (Å²) in [6.07, 6.45) is -0.0720. The van der Waals surface area contributed by atoms with Crippen molar-refractivity contribution in [3.05, 3.63) is 71.3 Å². The van der Waals surface area contributed by atoms with E-state index in [0.29, 0.717) is 13.2 Å². The van der Waals surface area contributed by atoms with Crippen LogP contribution in [-0.2, 0) is 4.74 Å². The van der Waals surface area contributed by atoms with Crippen LogP contribution in [0.4, 0.5) is 0 Å². The van der Waals surface area contributed by atoms with Crippen molar-refractivity contribution < 1.29 is 9.53 Å². The van der Waals surface area contributed by atoms with Crippen LogP contribution in [-0.4, -0.2) is 29.5 Å². The molecule has 23 heavy (non-hydrogen) atoms. The number of amides is 1. The van der Waals surface area contributed by atoms with Crippen LogP contribution in [0.25, 0.3) is 0 Å². The summed E-state index contributed by atoms with van der Waals surface area (Å²) in [5.41, 5.74) is 2.58. The second kappa shape index (κ2) is 6.17. The standard InChI is InChI=1S/C20H23NO2/c1-15-9-7-8-12-17(15)19(22)21-13-18(23-14-20(21,2)3)16-10-5-4-6-11-16/h4-12,18H,13-14H2,1-3H3. The van der Waals surface area contributed by atoms with Gasteiger partial charge in [-0.25, -0.2) is 0 Å². The molecule has 0 N–H and O–H groups in total. The van der Waals surface area contributed by atoms with Gasteiger partial charge >= 0.3 is 0 Å². The van der Waals surface area contributed by atoms with Crippen LogP contribution in [0, 0.1) is 6.92 Å². The molecule has 0 saturated carbocycles. The molecule has 0 aliphatic carbocycles. The number of hydrogen-bond donors (Lipinski definition) is 0. The van der Waals surface area contributed by atoms with Gasteiger partial charge in [-0.3, -0.25) is 4.79 Å². The molecule has 120 valence electrons. The van der Waals surface area contributed by atoms with Crippen molar-refractivity contribution in [1.82, 2.24) is 4.90 Å². The summed E-state index contributed by atoms with van der Waals surface area (Å²) in [6.45, 7) is 7.21. The van der Waals surface area contributed by atoms with E-state index in [1.54, 1.807) is 0 Å². The number of benzene rings is 2. The first-order chi connectivity index (χ1) is 11.0. The topological polar surface area (TPSA) is 29.5 Å². The average Bonchev–Trinajstić information content (AvgIpc) is 2.55. The minimum absolute atomic E-state index is 0.0720. The number of hydrogen-bond acceptors (Lipinski definition) is 2. The van der Waals surface area contributed by atoms with Crippen LogP contribution >= 0.6 is 0 Å². The smallest absolute Gasteiger partial charge is 0.254 e. The molecular weight excluding hydrogens is 286 g/mol. The van der Waals surface area contributed by atoms with Gasteiger partial charge in [0, 0.05) is 5.56 Å². The van der Waals surface area contributed by atoms with Gasteiger partial charge in [-0.2, -0.15) is 0 Å². The second-order valence-corrected chi connectivity index (χ2v) is 6.75. The van der Waals surface area contributed by atoms with E-state index in [0.717, 1.165) is 16.7 Å². The Balaban J connectivity index is 1.89. The third-order valence-corrected chi connectivity index (χ3v) is 4.51. The quantitative estimate of drug-likeness (QED) is 0.839. The predicted octanol–water partition coefficient (Wildman–Crippen LogP) is 3.99. The highest BCUT2D eigenvalue weighted by atomic mass is 16.5. The van der Waals surface area contributed by atoms with Crippen molar-refractivity contribution >= 4 is 5.91 Å².